The molecule has 0 N–H and O–H groups in total. The molecule has 0 aromatic heterocycles. The second kappa shape index (κ2) is 4.24. The summed E-state index contributed by atoms with van der Waals surface area (Å²) in [6.07, 6.45) is 2.40. The molecule has 1 atom stereocenters. The molecule has 0 aromatic carbocycles. The minimum atomic E-state index is 0.451. The van der Waals surface area contributed by atoms with Crippen LogP contribution in [0.2, 0.25) is 0 Å². The average Bonchev–Trinajstić information content (AvgIpc) is 1.35. The van der Waals surface area contributed by atoms with Crippen LogP contribution in [0.1, 0.15) is 19.8 Å². The van der Waals surface area contributed by atoms with E-state index in [1.54, 1.807) is 0 Å². The molecular weight excluding hydrogens is 207 g/mol. The Kier molecular flexibility index (Phi) is 5.01. The molecule has 0 bridgehead atoms. The zero-order valence-electron chi connectivity index (χ0n) is 3.78. The lowest BCUT2D eigenvalue weighted by Gasteiger charge is -1.91. The van der Waals surface area contributed by atoms with Crippen molar-refractivity contribution in [2.75, 3.05) is 0 Å². The van der Waals surface area contributed by atoms with Crippen molar-refractivity contribution in [2.24, 2.45) is 0 Å². The van der Waals surface area contributed by atoms with Crippen LogP contribution in [0.5, 0.6) is 0 Å². The number of rotatable bonds is 2. The standard InChI is InChI=1S/C4H8IS/c1-2-3-4(5)6/h4H,2-3H2,1H3. The highest BCUT2D eigenvalue weighted by molar-refractivity contribution is 14.1. The Labute approximate surface area is 58.3 Å². The van der Waals surface area contributed by atoms with E-state index >= 15 is 0 Å². The molecule has 0 saturated carbocycles. The first-order chi connectivity index (χ1) is 2.77. The first kappa shape index (κ1) is 7.08. The van der Waals surface area contributed by atoms with Gasteiger partial charge in [0.25, 0.3) is 0 Å². The topological polar surface area (TPSA) is 0 Å². The Hall–Kier alpha value is 1.08. The Bertz CT molecular complexity index is 28.7. The van der Waals surface area contributed by atoms with E-state index in [1.165, 1.54) is 12.8 Å². The molecule has 0 aromatic rings. The molecule has 0 nitrogen and oxygen atoms in total. The molecular formula is C4H8IS. The quantitative estimate of drug-likeness (QED) is 0.490. The third-order valence-electron chi connectivity index (χ3n) is 0.516. The molecule has 0 aliphatic rings. The Balaban J connectivity index is 2.63. The van der Waals surface area contributed by atoms with Gasteiger partial charge in [0, 0.05) is 0 Å². The van der Waals surface area contributed by atoms with Crippen molar-refractivity contribution >= 4 is 35.2 Å². The van der Waals surface area contributed by atoms with E-state index in [0.717, 1.165) is 0 Å². The molecule has 0 saturated heterocycles. The van der Waals surface area contributed by atoms with E-state index in [1.807, 2.05) is 0 Å². The van der Waals surface area contributed by atoms with Crippen LogP contribution in [0.3, 0.4) is 0 Å². The fourth-order valence-electron chi connectivity index (χ4n) is 0.227. The van der Waals surface area contributed by atoms with Gasteiger partial charge in [-0.1, -0.05) is 48.6 Å². The molecule has 1 unspecified atom stereocenters. The molecule has 6 heavy (non-hydrogen) atoms. The smallest absolute Gasteiger partial charge is 0.0668 e. The summed E-state index contributed by atoms with van der Waals surface area (Å²) >= 11 is 7.12. The van der Waals surface area contributed by atoms with Gasteiger partial charge < -0.3 is 0 Å². The van der Waals surface area contributed by atoms with Gasteiger partial charge in [-0.25, -0.2) is 0 Å². The van der Waals surface area contributed by atoms with Crippen molar-refractivity contribution in [3.8, 4) is 0 Å². The van der Waals surface area contributed by atoms with Crippen LogP contribution in [0.15, 0.2) is 0 Å². The second-order valence-electron chi connectivity index (χ2n) is 1.20. The minimum absolute atomic E-state index is 0.451. The number of hydrogen-bond donors (Lipinski definition) is 0. The summed E-state index contributed by atoms with van der Waals surface area (Å²) in [6, 6.07) is 0. The summed E-state index contributed by atoms with van der Waals surface area (Å²) in [5, 5.41) is 0. The van der Waals surface area contributed by atoms with E-state index in [9.17, 15) is 0 Å². The monoisotopic (exact) mass is 215 g/mol. The highest BCUT2D eigenvalue weighted by Crippen LogP contribution is 2.10. The summed E-state index contributed by atoms with van der Waals surface area (Å²) in [5.74, 6) is 0. The zero-order valence-corrected chi connectivity index (χ0v) is 6.75. The molecule has 0 amide bonds. The van der Waals surface area contributed by atoms with Crippen molar-refractivity contribution in [1.29, 1.82) is 0 Å². The number of alkyl halides is 1. The average molecular weight is 215 g/mol. The molecule has 0 aliphatic carbocycles. The van der Waals surface area contributed by atoms with Crippen LogP contribution in [0, 0.1) is 0 Å². The summed E-state index contributed by atoms with van der Waals surface area (Å²) in [4.78, 5) is 0. The summed E-state index contributed by atoms with van der Waals surface area (Å²) < 4.78 is 0.451. The maximum atomic E-state index is 4.86. The third kappa shape index (κ3) is 5.08. The molecule has 0 spiro atoms. The summed E-state index contributed by atoms with van der Waals surface area (Å²) in [6.45, 7) is 2.15. The van der Waals surface area contributed by atoms with E-state index in [0.29, 0.717) is 3.26 Å². The third-order valence-corrected chi connectivity index (χ3v) is 1.37. The Morgan fingerprint density at radius 3 is 2.33 bits per heavy atom. The van der Waals surface area contributed by atoms with Gasteiger partial charge in [-0.15, -0.1) is 0 Å². The molecule has 37 valence electrons. The molecule has 0 rings (SSSR count). The molecule has 2 heteroatoms. The number of hydrogen-bond acceptors (Lipinski definition) is 0. The summed E-state index contributed by atoms with van der Waals surface area (Å²) in [5.41, 5.74) is 0. The molecule has 1 radical (unpaired) electrons. The fraction of sp³-hybridized carbons (Fsp3) is 1.00. The van der Waals surface area contributed by atoms with Gasteiger partial charge in [-0.05, 0) is 6.42 Å². The van der Waals surface area contributed by atoms with Gasteiger partial charge in [-0.3, -0.25) is 0 Å². The predicted octanol–water partition coefficient (Wildman–Crippen LogP) is 2.75. The Morgan fingerprint density at radius 1 is 1.83 bits per heavy atom. The highest BCUT2D eigenvalue weighted by Gasteiger charge is 1.90. The first-order valence-corrected chi connectivity index (χ1v) is 3.79. The fourth-order valence-corrected chi connectivity index (χ4v) is 1.09. The van der Waals surface area contributed by atoms with Crippen molar-refractivity contribution in [2.45, 2.75) is 23.0 Å². The predicted molar refractivity (Wildman–Crippen MR) is 40.3 cm³/mol. The SMILES string of the molecule is CCCC([S])I. The lowest BCUT2D eigenvalue weighted by Crippen LogP contribution is -1.79. The first-order valence-electron chi connectivity index (χ1n) is 2.07. The molecule has 0 fully saturated rings. The van der Waals surface area contributed by atoms with Crippen LogP contribution in [0.25, 0.3) is 0 Å². The van der Waals surface area contributed by atoms with Crippen LogP contribution in [0.4, 0.5) is 0 Å². The van der Waals surface area contributed by atoms with E-state index in [-0.39, 0.29) is 0 Å². The van der Waals surface area contributed by atoms with Gasteiger partial charge in [-0.2, -0.15) is 0 Å². The highest BCUT2D eigenvalue weighted by atomic mass is 127. The van der Waals surface area contributed by atoms with E-state index < -0.39 is 0 Å². The molecule has 0 heterocycles. The zero-order chi connectivity index (χ0) is 4.99. The maximum Gasteiger partial charge on any atom is 0.0668 e. The Morgan fingerprint density at radius 2 is 2.33 bits per heavy atom. The van der Waals surface area contributed by atoms with E-state index in [2.05, 4.69) is 29.5 Å². The largest absolute Gasteiger partial charge is 0.0789 e. The maximum absolute atomic E-state index is 4.86. The second-order valence-corrected chi connectivity index (χ2v) is 4.12. The lowest BCUT2D eigenvalue weighted by atomic mass is 10.4. The van der Waals surface area contributed by atoms with Gasteiger partial charge in [0.2, 0.25) is 0 Å². The normalized spacial score (nSPS) is 14.5. The lowest BCUT2D eigenvalue weighted by molar-refractivity contribution is 0.886. The van der Waals surface area contributed by atoms with Gasteiger partial charge in [0.05, 0.1) is 3.26 Å². The van der Waals surface area contributed by atoms with E-state index in [4.69, 9.17) is 12.6 Å². The molecule has 0 aliphatic heterocycles. The van der Waals surface area contributed by atoms with Gasteiger partial charge in [0.1, 0.15) is 0 Å². The van der Waals surface area contributed by atoms with Crippen molar-refractivity contribution in [1.82, 2.24) is 0 Å². The van der Waals surface area contributed by atoms with Crippen molar-refractivity contribution in [3.63, 3.8) is 0 Å². The minimum Gasteiger partial charge on any atom is -0.0789 e. The van der Waals surface area contributed by atoms with Crippen molar-refractivity contribution in [3.05, 3.63) is 0 Å². The van der Waals surface area contributed by atoms with Crippen LogP contribution in [-0.2, 0) is 0 Å². The van der Waals surface area contributed by atoms with Crippen molar-refractivity contribution < 1.29 is 0 Å². The number of halogens is 1. The van der Waals surface area contributed by atoms with Crippen LogP contribution in [-0.4, -0.2) is 3.26 Å². The van der Waals surface area contributed by atoms with Crippen LogP contribution >= 0.6 is 35.2 Å². The van der Waals surface area contributed by atoms with Gasteiger partial charge >= 0.3 is 0 Å². The van der Waals surface area contributed by atoms with Gasteiger partial charge in [0.15, 0.2) is 0 Å². The van der Waals surface area contributed by atoms with Crippen LogP contribution < -0.4 is 0 Å². The summed E-state index contributed by atoms with van der Waals surface area (Å²) in [7, 11) is 0.